The molecule has 1 atom stereocenters. The topological polar surface area (TPSA) is 58.2 Å². The Kier molecular flexibility index (Phi) is 5.54. The quantitative estimate of drug-likeness (QED) is 0.808. The predicted molar refractivity (Wildman–Crippen MR) is 112 cm³/mol. The van der Waals surface area contributed by atoms with E-state index in [4.69, 9.17) is 23.7 Å². The van der Waals surface area contributed by atoms with Crippen molar-refractivity contribution in [2.45, 2.75) is 50.0 Å². The Hall–Kier alpha value is -2.28. The van der Waals surface area contributed by atoms with Gasteiger partial charge in [-0.3, -0.25) is 0 Å². The second-order valence-corrected chi connectivity index (χ2v) is 8.31. The van der Waals surface area contributed by atoms with Crippen LogP contribution in [0.5, 0.6) is 17.2 Å². The van der Waals surface area contributed by atoms with Gasteiger partial charge in [-0.1, -0.05) is 18.2 Å². The minimum atomic E-state index is -0.242. The summed E-state index contributed by atoms with van der Waals surface area (Å²) >= 11 is 0. The van der Waals surface area contributed by atoms with Crippen LogP contribution in [0.4, 0.5) is 0 Å². The Balaban J connectivity index is 1.17. The molecule has 1 unspecified atom stereocenters. The Morgan fingerprint density at radius 3 is 2.70 bits per heavy atom. The molecular weight excluding hydrogens is 382 g/mol. The SMILES string of the molecule is CO[C@]1(c2ccc3c(c2)COCO3)CC[C@H](NCC2COc3ccccc3O2)CC1. The van der Waals surface area contributed by atoms with Crippen molar-refractivity contribution in [3.05, 3.63) is 53.6 Å². The van der Waals surface area contributed by atoms with Crippen LogP contribution in [0, 0.1) is 0 Å². The van der Waals surface area contributed by atoms with Crippen molar-refractivity contribution in [3.63, 3.8) is 0 Å². The van der Waals surface area contributed by atoms with Crippen molar-refractivity contribution in [2.24, 2.45) is 0 Å². The maximum absolute atomic E-state index is 6.08. The van der Waals surface area contributed by atoms with Crippen LogP contribution >= 0.6 is 0 Å². The van der Waals surface area contributed by atoms with Gasteiger partial charge in [0.05, 0.1) is 12.2 Å². The second-order valence-electron chi connectivity index (χ2n) is 8.31. The van der Waals surface area contributed by atoms with Crippen LogP contribution < -0.4 is 19.5 Å². The van der Waals surface area contributed by atoms with E-state index in [-0.39, 0.29) is 11.7 Å². The molecule has 2 heterocycles. The van der Waals surface area contributed by atoms with Crippen LogP contribution in [0.1, 0.15) is 36.8 Å². The number of hydrogen-bond donors (Lipinski definition) is 1. The van der Waals surface area contributed by atoms with Gasteiger partial charge in [-0.15, -0.1) is 0 Å². The van der Waals surface area contributed by atoms with Gasteiger partial charge in [-0.2, -0.15) is 0 Å². The fourth-order valence-corrected chi connectivity index (χ4v) is 4.73. The summed E-state index contributed by atoms with van der Waals surface area (Å²) in [7, 11) is 1.82. The highest BCUT2D eigenvalue weighted by Crippen LogP contribution is 2.42. The lowest BCUT2D eigenvalue weighted by Crippen LogP contribution is -2.46. The Morgan fingerprint density at radius 2 is 1.87 bits per heavy atom. The van der Waals surface area contributed by atoms with Crippen molar-refractivity contribution in [3.8, 4) is 17.2 Å². The van der Waals surface area contributed by atoms with Gasteiger partial charge in [-0.05, 0) is 55.5 Å². The molecule has 5 rings (SSSR count). The van der Waals surface area contributed by atoms with Gasteiger partial charge in [0.15, 0.2) is 18.3 Å². The van der Waals surface area contributed by atoms with Crippen molar-refractivity contribution in [1.29, 1.82) is 0 Å². The summed E-state index contributed by atoms with van der Waals surface area (Å²) in [4.78, 5) is 0. The largest absolute Gasteiger partial charge is 0.486 e. The molecule has 0 spiro atoms. The molecule has 3 aliphatic rings. The molecule has 2 aliphatic heterocycles. The van der Waals surface area contributed by atoms with Gasteiger partial charge in [0.25, 0.3) is 0 Å². The summed E-state index contributed by atoms with van der Waals surface area (Å²) in [5.74, 6) is 2.58. The fraction of sp³-hybridized carbons (Fsp3) is 0.500. The molecule has 1 N–H and O–H groups in total. The van der Waals surface area contributed by atoms with E-state index in [1.54, 1.807) is 0 Å². The maximum atomic E-state index is 6.08. The maximum Gasteiger partial charge on any atom is 0.189 e. The fourth-order valence-electron chi connectivity index (χ4n) is 4.73. The zero-order valence-electron chi connectivity index (χ0n) is 17.4. The molecule has 0 radical (unpaired) electrons. The molecule has 30 heavy (non-hydrogen) atoms. The minimum Gasteiger partial charge on any atom is -0.486 e. The molecule has 0 saturated heterocycles. The average Bonchev–Trinajstić information content (AvgIpc) is 2.82. The highest BCUT2D eigenvalue weighted by atomic mass is 16.7. The van der Waals surface area contributed by atoms with E-state index >= 15 is 0 Å². The molecular formula is C24H29NO5. The smallest absolute Gasteiger partial charge is 0.189 e. The lowest BCUT2D eigenvalue weighted by Gasteiger charge is -2.40. The zero-order valence-corrected chi connectivity index (χ0v) is 17.4. The van der Waals surface area contributed by atoms with Gasteiger partial charge in [0, 0.05) is 25.3 Å². The molecule has 6 nitrogen and oxygen atoms in total. The van der Waals surface area contributed by atoms with E-state index in [9.17, 15) is 0 Å². The van der Waals surface area contributed by atoms with E-state index in [1.165, 1.54) is 5.56 Å². The number of methoxy groups -OCH3 is 1. The molecule has 6 heteroatoms. The molecule has 1 saturated carbocycles. The zero-order chi connectivity index (χ0) is 20.4. The van der Waals surface area contributed by atoms with Crippen LogP contribution in [0.25, 0.3) is 0 Å². The molecule has 1 fully saturated rings. The number of para-hydroxylation sites is 2. The second kappa shape index (κ2) is 8.46. The van der Waals surface area contributed by atoms with Gasteiger partial charge in [-0.25, -0.2) is 0 Å². The Morgan fingerprint density at radius 1 is 1.03 bits per heavy atom. The van der Waals surface area contributed by atoms with E-state index in [1.807, 2.05) is 31.4 Å². The summed E-state index contributed by atoms with van der Waals surface area (Å²) in [6.07, 6.45) is 4.11. The van der Waals surface area contributed by atoms with Crippen LogP contribution in [0.15, 0.2) is 42.5 Å². The summed E-state index contributed by atoms with van der Waals surface area (Å²) in [6.45, 7) is 2.29. The Labute approximate surface area is 177 Å². The third-order valence-electron chi connectivity index (χ3n) is 6.53. The van der Waals surface area contributed by atoms with Crippen LogP contribution in [0.2, 0.25) is 0 Å². The van der Waals surface area contributed by atoms with Crippen LogP contribution in [0.3, 0.4) is 0 Å². The first kappa shape index (κ1) is 19.7. The number of ether oxygens (including phenoxy) is 5. The average molecular weight is 411 g/mol. The van der Waals surface area contributed by atoms with E-state index in [2.05, 4.69) is 23.5 Å². The lowest BCUT2D eigenvalue weighted by atomic mass is 9.77. The summed E-state index contributed by atoms with van der Waals surface area (Å²) in [6, 6.07) is 14.7. The van der Waals surface area contributed by atoms with Gasteiger partial charge < -0.3 is 29.0 Å². The number of nitrogens with one attached hydrogen (secondary N) is 1. The highest BCUT2D eigenvalue weighted by molar-refractivity contribution is 5.41. The van der Waals surface area contributed by atoms with Crippen molar-refractivity contribution >= 4 is 0 Å². The highest BCUT2D eigenvalue weighted by Gasteiger charge is 2.37. The number of fused-ring (bicyclic) bond motifs is 2. The number of benzene rings is 2. The van der Waals surface area contributed by atoms with Gasteiger partial charge >= 0.3 is 0 Å². The normalized spacial score (nSPS) is 27.8. The monoisotopic (exact) mass is 411 g/mol. The standard InChI is InChI=1S/C24H29NO5/c1-26-24(18-6-7-21-17(12-18)14-27-16-29-21)10-8-19(9-11-24)25-13-20-15-28-22-4-2-3-5-23(22)30-20/h2-7,12,19-20,25H,8-11,13-16H2,1H3/t19-,20?,24+. The van der Waals surface area contributed by atoms with E-state index in [0.717, 1.165) is 55.0 Å². The van der Waals surface area contributed by atoms with Crippen molar-refractivity contribution in [2.75, 3.05) is 27.1 Å². The lowest BCUT2D eigenvalue weighted by molar-refractivity contribution is -0.0515. The van der Waals surface area contributed by atoms with Crippen LogP contribution in [-0.4, -0.2) is 39.2 Å². The summed E-state index contributed by atoms with van der Waals surface area (Å²) < 4.78 is 29.0. The first-order chi connectivity index (χ1) is 14.8. The third-order valence-corrected chi connectivity index (χ3v) is 6.53. The molecule has 1 aliphatic carbocycles. The number of hydrogen-bond acceptors (Lipinski definition) is 6. The molecule has 2 aromatic rings. The van der Waals surface area contributed by atoms with E-state index < -0.39 is 0 Å². The van der Waals surface area contributed by atoms with E-state index in [0.29, 0.717) is 26.0 Å². The first-order valence-electron chi connectivity index (χ1n) is 10.8. The molecule has 0 aromatic heterocycles. The Bertz CT molecular complexity index is 878. The van der Waals surface area contributed by atoms with Gasteiger partial charge in [0.2, 0.25) is 0 Å². The molecule has 0 amide bonds. The predicted octanol–water partition coefficient (Wildman–Crippen LogP) is 3.77. The first-order valence-corrected chi connectivity index (χ1v) is 10.8. The third kappa shape index (κ3) is 3.87. The van der Waals surface area contributed by atoms with Crippen molar-refractivity contribution in [1.82, 2.24) is 5.32 Å². The summed E-state index contributed by atoms with van der Waals surface area (Å²) in [5.41, 5.74) is 2.08. The molecule has 0 bridgehead atoms. The number of rotatable bonds is 5. The summed E-state index contributed by atoms with van der Waals surface area (Å²) in [5, 5.41) is 3.68. The minimum absolute atomic E-state index is 0.0367. The molecule has 2 aromatic carbocycles. The van der Waals surface area contributed by atoms with Gasteiger partial charge in [0.1, 0.15) is 18.5 Å². The van der Waals surface area contributed by atoms with Crippen LogP contribution in [-0.2, 0) is 21.7 Å². The molecule has 160 valence electrons. The van der Waals surface area contributed by atoms with Crippen molar-refractivity contribution < 1.29 is 23.7 Å².